The summed E-state index contributed by atoms with van der Waals surface area (Å²) in [6.07, 6.45) is 1.01. The molecule has 2 aliphatic rings. The highest BCUT2D eigenvalue weighted by molar-refractivity contribution is 8.01. The average Bonchev–Trinajstić information content (AvgIpc) is 2.37. The standard InChI is InChI=1S/C10H18O2S2/c1-7-4-10(11-5-8(2)13-7)12-6-9(3)14-10/h7-9H,4-6H2,1-3H3. The molecule has 2 aliphatic heterocycles. The Morgan fingerprint density at radius 2 is 1.64 bits per heavy atom. The van der Waals surface area contributed by atoms with E-state index in [1.807, 2.05) is 23.5 Å². The maximum Gasteiger partial charge on any atom is 0.219 e. The van der Waals surface area contributed by atoms with Crippen molar-refractivity contribution in [2.75, 3.05) is 13.2 Å². The van der Waals surface area contributed by atoms with Gasteiger partial charge >= 0.3 is 0 Å². The second-order valence-electron chi connectivity index (χ2n) is 4.19. The van der Waals surface area contributed by atoms with Crippen molar-refractivity contribution in [2.24, 2.45) is 0 Å². The van der Waals surface area contributed by atoms with Gasteiger partial charge in [0.2, 0.25) is 5.12 Å². The van der Waals surface area contributed by atoms with Crippen LogP contribution in [0.2, 0.25) is 0 Å². The second kappa shape index (κ2) is 4.24. The maximum atomic E-state index is 5.92. The summed E-state index contributed by atoms with van der Waals surface area (Å²) in [6.45, 7) is 8.34. The predicted molar refractivity (Wildman–Crippen MR) is 62.8 cm³/mol. The fraction of sp³-hybridized carbons (Fsp3) is 1.00. The third kappa shape index (κ3) is 2.40. The summed E-state index contributed by atoms with van der Waals surface area (Å²) in [4.78, 5) is 0. The molecule has 0 aromatic heterocycles. The van der Waals surface area contributed by atoms with E-state index in [1.54, 1.807) is 0 Å². The monoisotopic (exact) mass is 234 g/mol. The third-order valence-corrected chi connectivity index (χ3v) is 4.99. The molecule has 0 aromatic carbocycles. The van der Waals surface area contributed by atoms with Gasteiger partial charge in [0.05, 0.1) is 13.2 Å². The van der Waals surface area contributed by atoms with E-state index in [-0.39, 0.29) is 5.12 Å². The lowest BCUT2D eigenvalue weighted by Gasteiger charge is -2.26. The minimum absolute atomic E-state index is 0.323. The van der Waals surface area contributed by atoms with Gasteiger partial charge < -0.3 is 9.47 Å². The molecule has 82 valence electrons. The average molecular weight is 234 g/mol. The van der Waals surface area contributed by atoms with Crippen LogP contribution in [0.3, 0.4) is 0 Å². The molecule has 2 rings (SSSR count). The number of thioether (sulfide) groups is 2. The van der Waals surface area contributed by atoms with Crippen molar-refractivity contribution in [1.82, 2.24) is 0 Å². The van der Waals surface area contributed by atoms with Crippen LogP contribution < -0.4 is 0 Å². The molecular formula is C10H18O2S2. The van der Waals surface area contributed by atoms with Crippen molar-refractivity contribution in [3.63, 3.8) is 0 Å². The zero-order chi connectivity index (χ0) is 10.2. The van der Waals surface area contributed by atoms with Crippen LogP contribution in [0.5, 0.6) is 0 Å². The number of hydrogen-bond acceptors (Lipinski definition) is 4. The van der Waals surface area contributed by atoms with Crippen molar-refractivity contribution >= 4 is 23.5 Å². The van der Waals surface area contributed by atoms with E-state index >= 15 is 0 Å². The van der Waals surface area contributed by atoms with Gasteiger partial charge in [-0.05, 0) is 0 Å². The Morgan fingerprint density at radius 3 is 2.21 bits per heavy atom. The van der Waals surface area contributed by atoms with Gasteiger partial charge in [-0.3, -0.25) is 0 Å². The lowest BCUT2D eigenvalue weighted by molar-refractivity contribution is -0.159. The first-order valence-electron chi connectivity index (χ1n) is 5.21. The lowest BCUT2D eigenvalue weighted by atomic mass is 10.3. The molecule has 2 saturated heterocycles. The van der Waals surface area contributed by atoms with E-state index < -0.39 is 0 Å². The van der Waals surface area contributed by atoms with Crippen LogP contribution in [0.4, 0.5) is 0 Å². The Balaban J connectivity index is 2.04. The van der Waals surface area contributed by atoms with Gasteiger partial charge in [0.25, 0.3) is 0 Å². The summed E-state index contributed by atoms with van der Waals surface area (Å²) >= 11 is 3.86. The Morgan fingerprint density at radius 1 is 1.00 bits per heavy atom. The molecule has 0 saturated carbocycles. The van der Waals surface area contributed by atoms with E-state index in [4.69, 9.17) is 9.47 Å². The van der Waals surface area contributed by atoms with Gasteiger partial charge in [-0.15, -0.1) is 0 Å². The van der Waals surface area contributed by atoms with Crippen molar-refractivity contribution in [2.45, 2.75) is 48.1 Å². The summed E-state index contributed by atoms with van der Waals surface area (Å²) in [5, 5.41) is 1.46. The molecule has 0 N–H and O–H groups in total. The van der Waals surface area contributed by atoms with Crippen LogP contribution in [0, 0.1) is 0 Å². The molecule has 0 aliphatic carbocycles. The summed E-state index contributed by atoms with van der Waals surface area (Å²) < 4.78 is 11.7. The van der Waals surface area contributed by atoms with Gasteiger partial charge in [0, 0.05) is 22.2 Å². The van der Waals surface area contributed by atoms with Gasteiger partial charge in [0.15, 0.2) is 0 Å². The molecule has 0 amide bonds. The van der Waals surface area contributed by atoms with Crippen LogP contribution >= 0.6 is 23.5 Å². The third-order valence-electron chi connectivity index (χ3n) is 2.46. The first-order chi connectivity index (χ1) is 6.60. The number of rotatable bonds is 0. The molecule has 1 spiro atoms. The van der Waals surface area contributed by atoms with Crippen LogP contribution in [0.25, 0.3) is 0 Å². The fourth-order valence-electron chi connectivity index (χ4n) is 1.94. The first-order valence-corrected chi connectivity index (χ1v) is 7.03. The van der Waals surface area contributed by atoms with Gasteiger partial charge in [-0.2, -0.15) is 11.8 Å². The molecule has 4 heteroatoms. The van der Waals surface area contributed by atoms with Crippen molar-refractivity contribution in [3.8, 4) is 0 Å². The molecule has 2 fully saturated rings. The van der Waals surface area contributed by atoms with Crippen LogP contribution in [0.15, 0.2) is 0 Å². The summed E-state index contributed by atoms with van der Waals surface area (Å²) in [5.41, 5.74) is 0. The molecule has 0 aromatic rings. The smallest absolute Gasteiger partial charge is 0.219 e. The zero-order valence-corrected chi connectivity index (χ0v) is 10.6. The maximum absolute atomic E-state index is 5.92. The molecule has 4 unspecified atom stereocenters. The molecular weight excluding hydrogens is 216 g/mol. The lowest BCUT2D eigenvalue weighted by Crippen LogP contribution is -2.30. The van der Waals surface area contributed by atoms with E-state index in [9.17, 15) is 0 Å². The highest BCUT2D eigenvalue weighted by atomic mass is 32.2. The number of ether oxygens (including phenoxy) is 2. The summed E-state index contributed by atoms with van der Waals surface area (Å²) in [6, 6.07) is 0. The Bertz CT molecular complexity index is 212. The summed E-state index contributed by atoms with van der Waals surface area (Å²) in [7, 11) is 0. The molecule has 2 nitrogen and oxygen atoms in total. The Hall–Kier alpha value is 0.620. The summed E-state index contributed by atoms with van der Waals surface area (Å²) in [5.74, 6) is 0. The van der Waals surface area contributed by atoms with E-state index in [0.29, 0.717) is 15.7 Å². The van der Waals surface area contributed by atoms with Crippen molar-refractivity contribution in [1.29, 1.82) is 0 Å². The first kappa shape index (κ1) is 11.1. The topological polar surface area (TPSA) is 18.5 Å². The Labute approximate surface area is 94.5 Å². The fourth-order valence-corrected chi connectivity index (χ4v) is 4.67. The van der Waals surface area contributed by atoms with Crippen LogP contribution in [0.1, 0.15) is 27.2 Å². The van der Waals surface area contributed by atoms with E-state index in [1.165, 1.54) is 0 Å². The highest BCUT2D eigenvalue weighted by Crippen LogP contribution is 2.46. The molecule has 4 atom stereocenters. The van der Waals surface area contributed by atoms with Gasteiger partial charge in [-0.1, -0.05) is 32.5 Å². The van der Waals surface area contributed by atoms with Crippen molar-refractivity contribution in [3.05, 3.63) is 0 Å². The normalized spacial score (nSPS) is 49.5. The van der Waals surface area contributed by atoms with Gasteiger partial charge in [0.1, 0.15) is 0 Å². The van der Waals surface area contributed by atoms with E-state index in [2.05, 4.69) is 20.8 Å². The molecule has 0 bridgehead atoms. The molecule has 2 heterocycles. The Kier molecular flexibility index (Phi) is 3.37. The largest absolute Gasteiger partial charge is 0.340 e. The molecule has 0 radical (unpaired) electrons. The van der Waals surface area contributed by atoms with Gasteiger partial charge in [-0.25, -0.2) is 0 Å². The van der Waals surface area contributed by atoms with Crippen molar-refractivity contribution < 1.29 is 9.47 Å². The molecule has 14 heavy (non-hydrogen) atoms. The predicted octanol–water partition coefficient (Wildman–Crippen LogP) is 2.72. The minimum atomic E-state index is -0.323. The highest BCUT2D eigenvalue weighted by Gasteiger charge is 2.44. The van der Waals surface area contributed by atoms with Crippen LogP contribution in [-0.4, -0.2) is 34.1 Å². The van der Waals surface area contributed by atoms with Crippen LogP contribution in [-0.2, 0) is 9.47 Å². The van der Waals surface area contributed by atoms with E-state index in [0.717, 1.165) is 19.6 Å². The minimum Gasteiger partial charge on any atom is -0.340 e. The second-order valence-corrected chi connectivity index (χ2v) is 7.74. The SMILES string of the molecule is CC1COC2(CC(C)S1)OCC(C)S2. The quantitative estimate of drug-likeness (QED) is 0.641. The zero-order valence-electron chi connectivity index (χ0n) is 8.99. The number of hydrogen-bond donors (Lipinski definition) is 0.